The molecule has 16 heavy (non-hydrogen) atoms. The molecule has 1 unspecified atom stereocenters. The van der Waals surface area contributed by atoms with Gasteiger partial charge in [0.1, 0.15) is 0 Å². The summed E-state index contributed by atoms with van der Waals surface area (Å²) >= 11 is 7.28. The first-order chi connectivity index (χ1) is 7.49. The van der Waals surface area contributed by atoms with Gasteiger partial charge in [-0.1, -0.05) is 31.3 Å². The Morgan fingerprint density at radius 3 is 2.50 bits per heavy atom. The highest BCUT2D eigenvalue weighted by Gasteiger charge is 2.08. The molecule has 1 aromatic rings. The smallest absolute Gasteiger partial charge is 0.0768 e. The third-order valence-corrected chi connectivity index (χ3v) is 3.56. The van der Waals surface area contributed by atoms with Gasteiger partial charge < -0.3 is 10.6 Å². The van der Waals surface area contributed by atoms with Crippen LogP contribution in [0.4, 0.5) is 0 Å². The summed E-state index contributed by atoms with van der Waals surface area (Å²) in [7, 11) is 2.09. The van der Waals surface area contributed by atoms with E-state index in [2.05, 4.69) is 65.7 Å². The molecule has 4 heteroatoms. The highest BCUT2D eigenvalue weighted by Crippen LogP contribution is 2.09. The van der Waals surface area contributed by atoms with Gasteiger partial charge in [0.05, 0.1) is 4.99 Å². The minimum Gasteiger partial charge on any atom is -0.393 e. The third-order valence-electron chi connectivity index (χ3n) is 2.44. The van der Waals surface area contributed by atoms with Gasteiger partial charge in [-0.15, -0.1) is 0 Å². The number of thiocarbonyl (C=S) groups is 1. The molecule has 0 aliphatic heterocycles. The predicted octanol–water partition coefficient (Wildman–Crippen LogP) is 2.65. The van der Waals surface area contributed by atoms with Crippen molar-refractivity contribution in [2.45, 2.75) is 13.5 Å². The van der Waals surface area contributed by atoms with Gasteiger partial charge in [-0.2, -0.15) is 0 Å². The van der Waals surface area contributed by atoms with Crippen molar-refractivity contribution in [1.29, 1.82) is 0 Å². The Hall–Kier alpha value is -0.200. The van der Waals surface area contributed by atoms with E-state index in [1.165, 1.54) is 9.13 Å². The minimum atomic E-state index is 0.267. The van der Waals surface area contributed by atoms with E-state index in [1.807, 2.05) is 0 Å². The molecule has 2 nitrogen and oxygen atoms in total. The molecule has 0 fully saturated rings. The molecule has 88 valence electrons. The van der Waals surface area contributed by atoms with E-state index in [-0.39, 0.29) is 5.92 Å². The zero-order valence-electron chi connectivity index (χ0n) is 9.61. The lowest BCUT2D eigenvalue weighted by Crippen LogP contribution is -2.31. The Morgan fingerprint density at radius 1 is 1.44 bits per heavy atom. The molecule has 0 radical (unpaired) electrons. The number of rotatable bonds is 5. The van der Waals surface area contributed by atoms with Crippen molar-refractivity contribution in [3.05, 3.63) is 33.4 Å². The zero-order valence-corrected chi connectivity index (χ0v) is 12.6. The Morgan fingerprint density at radius 2 is 2.00 bits per heavy atom. The van der Waals surface area contributed by atoms with Gasteiger partial charge in [-0.05, 0) is 47.3 Å². The molecule has 0 aliphatic carbocycles. The lowest BCUT2D eigenvalue weighted by Gasteiger charge is -2.20. The highest BCUT2D eigenvalue weighted by atomic mass is 127. The predicted molar refractivity (Wildman–Crippen MR) is 81.4 cm³/mol. The van der Waals surface area contributed by atoms with Gasteiger partial charge in [0.15, 0.2) is 0 Å². The summed E-state index contributed by atoms with van der Waals surface area (Å²) in [6, 6.07) is 8.56. The van der Waals surface area contributed by atoms with E-state index in [4.69, 9.17) is 18.0 Å². The van der Waals surface area contributed by atoms with Crippen molar-refractivity contribution >= 4 is 39.8 Å². The van der Waals surface area contributed by atoms with Gasteiger partial charge in [-0.3, -0.25) is 0 Å². The van der Waals surface area contributed by atoms with E-state index in [0.717, 1.165) is 13.1 Å². The first kappa shape index (κ1) is 13.9. The molecule has 0 spiro atoms. The SMILES string of the molecule is CC(CN(C)Cc1ccc(I)cc1)C(N)=S. The number of nitrogens with two attached hydrogens (primary N) is 1. The second kappa shape index (κ2) is 6.51. The number of benzene rings is 1. The van der Waals surface area contributed by atoms with Gasteiger partial charge >= 0.3 is 0 Å². The lowest BCUT2D eigenvalue weighted by atomic mass is 10.1. The molecule has 0 amide bonds. The summed E-state index contributed by atoms with van der Waals surface area (Å²) in [5, 5.41) is 0. The van der Waals surface area contributed by atoms with Crippen LogP contribution in [0.1, 0.15) is 12.5 Å². The summed E-state index contributed by atoms with van der Waals surface area (Å²) in [6.07, 6.45) is 0. The maximum absolute atomic E-state index is 5.60. The van der Waals surface area contributed by atoms with Crippen LogP contribution in [0, 0.1) is 9.49 Å². The average molecular weight is 348 g/mol. The van der Waals surface area contributed by atoms with E-state index in [9.17, 15) is 0 Å². The topological polar surface area (TPSA) is 29.3 Å². The van der Waals surface area contributed by atoms with Crippen molar-refractivity contribution in [3.8, 4) is 0 Å². The number of hydrogen-bond acceptors (Lipinski definition) is 2. The summed E-state index contributed by atoms with van der Waals surface area (Å²) in [5.74, 6) is 0.267. The fourth-order valence-corrected chi connectivity index (χ4v) is 1.96. The second-order valence-corrected chi connectivity index (χ2v) is 5.84. The molecule has 2 N–H and O–H groups in total. The Labute approximate surface area is 116 Å². The third kappa shape index (κ3) is 4.76. The molecule has 1 atom stereocenters. The standard InChI is InChI=1S/C12H17IN2S/c1-9(12(14)16)7-15(2)8-10-3-5-11(13)6-4-10/h3-6,9H,7-8H2,1-2H3,(H2,14,16). The number of hydrogen-bond donors (Lipinski definition) is 1. The van der Waals surface area contributed by atoms with Crippen LogP contribution in [-0.2, 0) is 6.54 Å². The molecule has 1 aromatic carbocycles. The van der Waals surface area contributed by atoms with Crippen molar-refractivity contribution in [2.75, 3.05) is 13.6 Å². The fraction of sp³-hybridized carbons (Fsp3) is 0.417. The summed E-state index contributed by atoms with van der Waals surface area (Å²) in [5.41, 5.74) is 6.92. The minimum absolute atomic E-state index is 0.267. The molecular formula is C12H17IN2S. The number of nitrogens with zero attached hydrogens (tertiary/aromatic N) is 1. The van der Waals surface area contributed by atoms with E-state index < -0.39 is 0 Å². The second-order valence-electron chi connectivity index (χ2n) is 4.13. The molecule has 0 saturated carbocycles. The largest absolute Gasteiger partial charge is 0.393 e. The molecule has 1 rings (SSSR count). The van der Waals surface area contributed by atoms with Gasteiger partial charge in [0, 0.05) is 22.6 Å². The molecule has 0 bridgehead atoms. The Bertz CT molecular complexity index is 351. The molecule has 0 aliphatic rings. The van der Waals surface area contributed by atoms with E-state index in [0.29, 0.717) is 4.99 Å². The van der Waals surface area contributed by atoms with Crippen LogP contribution in [0.3, 0.4) is 0 Å². The van der Waals surface area contributed by atoms with E-state index >= 15 is 0 Å². The normalized spacial score (nSPS) is 12.8. The zero-order chi connectivity index (χ0) is 12.1. The van der Waals surface area contributed by atoms with Crippen LogP contribution in [-0.4, -0.2) is 23.5 Å². The molecular weight excluding hydrogens is 331 g/mol. The average Bonchev–Trinajstić information content (AvgIpc) is 2.21. The highest BCUT2D eigenvalue weighted by molar-refractivity contribution is 14.1. The Balaban J connectivity index is 2.48. The summed E-state index contributed by atoms with van der Waals surface area (Å²) in [4.78, 5) is 2.83. The summed E-state index contributed by atoms with van der Waals surface area (Å²) in [6.45, 7) is 3.90. The van der Waals surface area contributed by atoms with Gasteiger partial charge in [0.25, 0.3) is 0 Å². The molecule has 0 saturated heterocycles. The van der Waals surface area contributed by atoms with Crippen molar-refractivity contribution in [2.24, 2.45) is 11.7 Å². The monoisotopic (exact) mass is 348 g/mol. The van der Waals surface area contributed by atoms with Crippen LogP contribution in [0.25, 0.3) is 0 Å². The lowest BCUT2D eigenvalue weighted by molar-refractivity contribution is 0.307. The summed E-state index contributed by atoms with van der Waals surface area (Å²) < 4.78 is 1.26. The van der Waals surface area contributed by atoms with E-state index in [1.54, 1.807) is 0 Å². The van der Waals surface area contributed by atoms with Crippen LogP contribution in [0.2, 0.25) is 0 Å². The van der Waals surface area contributed by atoms with Crippen molar-refractivity contribution in [1.82, 2.24) is 4.90 Å². The van der Waals surface area contributed by atoms with Gasteiger partial charge in [-0.25, -0.2) is 0 Å². The maximum Gasteiger partial charge on any atom is 0.0768 e. The maximum atomic E-state index is 5.60. The number of halogens is 1. The van der Waals surface area contributed by atoms with Crippen molar-refractivity contribution < 1.29 is 0 Å². The van der Waals surface area contributed by atoms with Crippen molar-refractivity contribution in [3.63, 3.8) is 0 Å². The first-order valence-electron chi connectivity index (χ1n) is 5.21. The molecule has 0 heterocycles. The van der Waals surface area contributed by atoms with Crippen LogP contribution < -0.4 is 5.73 Å². The van der Waals surface area contributed by atoms with Crippen LogP contribution >= 0.6 is 34.8 Å². The molecule has 0 aromatic heterocycles. The van der Waals surface area contributed by atoms with Gasteiger partial charge in [0.2, 0.25) is 0 Å². The van der Waals surface area contributed by atoms with Crippen LogP contribution in [0.15, 0.2) is 24.3 Å². The quantitative estimate of drug-likeness (QED) is 0.655. The van der Waals surface area contributed by atoms with Crippen LogP contribution in [0.5, 0.6) is 0 Å². The Kier molecular flexibility index (Phi) is 5.64. The fourth-order valence-electron chi connectivity index (χ4n) is 1.52. The first-order valence-corrected chi connectivity index (χ1v) is 6.70.